The number of H-pyrrole nitrogens is 1. The van der Waals surface area contributed by atoms with Crippen molar-refractivity contribution in [1.29, 1.82) is 0 Å². The maximum absolute atomic E-state index is 13.2. The fourth-order valence-electron chi connectivity index (χ4n) is 5.44. The minimum Gasteiger partial charge on any atom is -0.378 e. The number of hydrogen-bond acceptors (Lipinski definition) is 6. The van der Waals surface area contributed by atoms with Crippen LogP contribution in [0.25, 0.3) is 10.9 Å². The molecule has 3 unspecified atom stereocenters. The number of morpholine rings is 1. The van der Waals surface area contributed by atoms with Gasteiger partial charge in [0.2, 0.25) is 5.91 Å². The average molecular weight is 554 g/mol. The number of carbonyl (C=O) groups is 3. The van der Waals surface area contributed by atoms with Gasteiger partial charge in [0.1, 0.15) is 6.29 Å². The number of nitrogens with two attached hydrogens (primary N) is 1. The molecule has 1 fully saturated rings. The van der Waals surface area contributed by atoms with E-state index in [-0.39, 0.29) is 30.3 Å². The Morgan fingerprint density at radius 1 is 1.18 bits per heavy atom. The van der Waals surface area contributed by atoms with Crippen molar-refractivity contribution in [3.05, 3.63) is 70.9 Å². The average Bonchev–Trinajstić information content (AvgIpc) is 3.35. The van der Waals surface area contributed by atoms with E-state index in [1.807, 2.05) is 53.6 Å². The molecule has 0 aliphatic carbocycles. The smallest absolute Gasteiger partial charge is 0.254 e. The first-order valence-electron chi connectivity index (χ1n) is 13.1. The minimum absolute atomic E-state index is 0. The number of halogens is 1. The maximum atomic E-state index is 13.2. The molecule has 1 saturated heterocycles. The first-order valence-corrected chi connectivity index (χ1v) is 13.1. The molecule has 2 amide bonds. The first kappa shape index (κ1) is 28.8. The Morgan fingerprint density at radius 2 is 1.92 bits per heavy atom. The molecule has 0 saturated carbocycles. The lowest BCUT2D eigenvalue weighted by molar-refractivity contribution is -0.126. The number of nitrogens with one attached hydrogen (secondary N) is 3. The van der Waals surface area contributed by atoms with Crippen molar-refractivity contribution in [2.24, 2.45) is 5.73 Å². The molecular weight excluding hydrogens is 518 g/mol. The van der Waals surface area contributed by atoms with Gasteiger partial charge in [-0.15, -0.1) is 12.4 Å². The van der Waals surface area contributed by atoms with Crippen LogP contribution in [0.2, 0.25) is 0 Å². The van der Waals surface area contributed by atoms with E-state index in [9.17, 15) is 14.4 Å². The molecule has 5 N–H and O–H groups in total. The first-order chi connectivity index (χ1) is 18.3. The number of hydrogen-bond donors (Lipinski definition) is 4. The summed E-state index contributed by atoms with van der Waals surface area (Å²) >= 11 is 0. The molecule has 2 aromatic carbocycles. The molecule has 10 heteroatoms. The Labute approximate surface area is 234 Å². The Balaban J connectivity index is 0.00000353. The number of benzene rings is 2. The lowest BCUT2D eigenvalue weighted by Crippen LogP contribution is -2.57. The van der Waals surface area contributed by atoms with Gasteiger partial charge in [-0.2, -0.15) is 0 Å². The van der Waals surface area contributed by atoms with E-state index in [0.717, 1.165) is 40.3 Å². The molecule has 0 spiro atoms. The highest BCUT2D eigenvalue weighted by Gasteiger charge is 2.38. The van der Waals surface area contributed by atoms with Crippen LogP contribution in [0, 0.1) is 0 Å². The predicted molar refractivity (Wildman–Crippen MR) is 152 cm³/mol. The standard InChI is InChI=1S/C29H35N5O4.ClH/c1-29(2,30)28(37)33-26(23(17-35)22-16-32-24-6-4-3-5-21(22)24)25-20-8-7-19(15-18(20)9-10-31-25)27(36)34-11-13-38-14-12-34;/h3-8,15-17,23,25-26,31-32H,9-14,30H2,1-2H3,(H,33,37);1H. The second kappa shape index (κ2) is 11.9. The summed E-state index contributed by atoms with van der Waals surface area (Å²) in [5, 5.41) is 7.56. The Bertz CT molecular complexity index is 1340. The number of aromatic amines is 1. The zero-order valence-corrected chi connectivity index (χ0v) is 23.1. The van der Waals surface area contributed by atoms with Crippen molar-refractivity contribution in [1.82, 2.24) is 20.5 Å². The molecule has 3 heterocycles. The number of aromatic nitrogens is 1. The number of amides is 2. The predicted octanol–water partition coefficient (Wildman–Crippen LogP) is 2.45. The second-order valence-corrected chi connectivity index (χ2v) is 10.7. The van der Waals surface area contributed by atoms with Crippen LogP contribution in [0.15, 0.2) is 48.7 Å². The van der Waals surface area contributed by atoms with E-state index in [1.165, 1.54) is 0 Å². The molecule has 0 radical (unpaired) electrons. The zero-order valence-electron chi connectivity index (χ0n) is 22.2. The van der Waals surface area contributed by atoms with E-state index in [0.29, 0.717) is 38.4 Å². The van der Waals surface area contributed by atoms with Crippen molar-refractivity contribution >= 4 is 41.4 Å². The lowest BCUT2D eigenvalue weighted by atomic mass is 9.80. The Kier molecular flexibility index (Phi) is 8.76. The van der Waals surface area contributed by atoms with Gasteiger partial charge in [-0.05, 0) is 61.7 Å². The molecule has 1 aromatic heterocycles. The van der Waals surface area contributed by atoms with Gasteiger partial charge in [-0.3, -0.25) is 9.59 Å². The third kappa shape index (κ3) is 5.86. The van der Waals surface area contributed by atoms with E-state index in [2.05, 4.69) is 15.6 Å². The summed E-state index contributed by atoms with van der Waals surface area (Å²) in [5.41, 5.74) is 9.38. The van der Waals surface area contributed by atoms with E-state index in [4.69, 9.17) is 10.5 Å². The van der Waals surface area contributed by atoms with Gasteiger partial charge in [0, 0.05) is 35.8 Å². The van der Waals surface area contributed by atoms with Crippen LogP contribution < -0.4 is 16.4 Å². The fraction of sp³-hybridized carbons (Fsp3) is 0.414. The van der Waals surface area contributed by atoms with Crippen molar-refractivity contribution < 1.29 is 19.1 Å². The molecule has 2 aliphatic heterocycles. The van der Waals surface area contributed by atoms with E-state index < -0.39 is 17.5 Å². The summed E-state index contributed by atoms with van der Waals surface area (Å²) in [6, 6.07) is 12.6. The minimum atomic E-state index is -1.13. The number of ether oxygens (including phenoxy) is 1. The Hall–Kier alpha value is -3.24. The van der Waals surface area contributed by atoms with Crippen molar-refractivity contribution in [2.75, 3.05) is 32.8 Å². The monoisotopic (exact) mass is 553 g/mol. The normalized spacial score (nSPS) is 18.9. The molecule has 2 aliphatic rings. The fourth-order valence-corrected chi connectivity index (χ4v) is 5.44. The molecule has 3 aromatic rings. The zero-order chi connectivity index (χ0) is 26.9. The Morgan fingerprint density at radius 3 is 2.64 bits per heavy atom. The van der Waals surface area contributed by atoms with Gasteiger partial charge in [-0.1, -0.05) is 24.3 Å². The topological polar surface area (TPSA) is 130 Å². The van der Waals surface area contributed by atoms with E-state index in [1.54, 1.807) is 13.8 Å². The SMILES string of the molecule is CC(C)(N)C(=O)NC(C(C=O)c1c[nH]c2ccccc12)C1NCCc2cc(C(=O)N3CCOCC3)ccc21.Cl. The highest BCUT2D eigenvalue weighted by Crippen LogP contribution is 2.35. The molecule has 3 atom stereocenters. The van der Waals surface area contributed by atoms with Crippen LogP contribution in [-0.4, -0.2) is 72.4 Å². The van der Waals surface area contributed by atoms with Crippen LogP contribution in [0.5, 0.6) is 0 Å². The van der Waals surface area contributed by atoms with Crippen molar-refractivity contribution in [3.8, 4) is 0 Å². The molecular formula is C29H36ClN5O4. The molecule has 39 heavy (non-hydrogen) atoms. The van der Waals surface area contributed by atoms with Crippen LogP contribution >= 0.6 is 12.4 Å². The highest BCUT2D eigenvalue weighted by molar-refractivity contribution is 5.94. The largest absolute Gasteiger partial charge is 0.378 e. The number of carbonyl (C=O) groups excluding carboxylic acids is 3. The molecule has 0 bridgehead atoms. The third-order valence-electron chi connectivity index (χ3n) is 7.54. The van der Waals surface area contributed by atoms with Gasteiger partial charge in [0.15, 0.2) is 0 Å². The highest BCUT2D eigenvalue weighted by atomic mass is 35.5. The third-order valence-corrected chi connectivity index (χ3v) is 7.54. The van der Waals surface area contributed by atoms with E-state index >= 15 is 0 Å². The number of para-hydroxylation sites is 1. The van der Waals surface area contributed by atoms with Gasteiger partial charge >= 0.3 is 0 Å². The van der Waals surface area contributed by atoms with Crippen LogP contribution in [0.1, 0.15) is 52.9 Å². The maximum Gasteiger partial charge on any atom is 0.254 e. The summed E-state index contributed by atoms with van der Waals surface area (Å²) < 4.78 is 5.39. The summed E-state index contributed by atoms with van der Waals surface area (Å²) in [6.07, 6.45) is 3.47. The van der Waals surface area contributed by atoms with Gasteiger partial charge in [-0.25, -0.2) is 0 Å². The van der Waals surface area contributed by atoms with Gasteiger partial charge in [0.05, 0.1) is 36.8 Å². The number of fused-ring (bicyclic) bond motifs is 2. The van der Waals surface area contributed by atoms with Crippen LogP contribution in [0.4, 0.5) is 0 Å². The molecule has 208 valence electrons. The number of nitrogens with zero attached hydrogens (tertiary/aromatic N) is 1. The second-order valence-electron chi connectivity index (χ2n) is 10.7. The quantitative estimate of drug-likeness (QED) is 0.333. The van der Waals surface area contributed by atoms with Crippen molar-refractivity contribution in [2.45, 2.75) is 43.8 Å². The molecule has 9 nitrogen and oxygen atoms in total. The lowest BCUT2D eigenvalue weighted by Gasteiger charge is -2.38. The van der Waals surface area contributed by atoms with Crippen LogP contribution in [-0.2, 0) is 20.7 Å². The number of rotatable bonds is 7. The van der Waals surface area contributed by atoms with Gasteiger partial charge in [0.25, 0.3) is 5.91 Å². The summed E-state index contributed by atoms with van der Waals surface area (Å²) in [5.74, 6) is -0.997. The molecule has 5 rings (SSSR count). The van der Waals surface area contributed by atoms with Gasteiger partial charge < -0.3 is 35.8 Å². The summed E-state index contributed by atoms with van der Waals surface area (Å²) in [4.78, 5) is 44.0. The summed E-state index contributed by atoms with van der Waals surface area (Å²) in [7, 11) is 0. The number of aldehydes is 1. The van der Waals surface area contributed by atoms with Crippen molar-refractivity contribution in [3.63, 3.8) is 0 Å². The van der Waals surface area contributed by atoms with Crippen LogP contribution in [0.3, 0.4) is 0 Å². The summed E-state index contributed by atoms with van der Waals surface area (Å²) in [6.45, 7) is 6.18.